The molecule has 3 nitrogen and oxygen atoms in total. The molecule has 1 aliphatic heterocycles. The molecule has 2 aliphatic rings. The van der Waals surface area contributed by atoms with Crippen LogP contribution in [0.3, 0.4) is 0 Å². The molecule has 2 N–H and O–H groups in total. The summed E-state index contributed by atoms with van der Waals surface area (Å²) in [6.45, 7) is 5.69. The molecule has 0 bridgehead atoms. The fraction of sp³-hybridized carbons (Fsp3) is 0.647. The molecule has 110 valence electrons. The van der Waals surface area contributed by atoms with Crippen LogP contribution in [0.15, 0.2) is 12.1 Å². The molecule has 0 atom stereocenters. The van der Waals surface area contributed by atoms with E-state index in [1.807, 2.05) is 6.07 Å². The van der Waals surface area contributed by atoms with Crippen LogP contribution >= 0.6 is 0 Å². The van der Waals surface area contributed by atoms with Gasteiger partial charge in [0.1, 0.15) is 13.2 Å². The van der Waals surface area contributed by atoms with Gasteiger partial charge in [0, 0.05) is 11.1 Å². The van der Waals surface area contributed by atoms with E-state index >= 15 is 0 Å². The predicted octanol–water partition coefficient (Wildman–Crippen LogP) is 3.70. The van der Waals surface area contributed by atoms with Crippen molar-refractivity contribution in [3.8, 4) is 11.5 Å². The molecule has 1 aromatic carbocycles. The van der Waals surface area contributed by atoms with E-state index in [9.17, 15) is 0 Å². The third-order valence-corrected chi connectivity index (χ3v) is 4.61. The monoisotopic (exact) mass is 275 g/mol. The molecule has 1 heterocycles. The van der Waals surface area contributed by atoms with Gasteiger partial charge in [0.25, 0.3) is 0 Å². The molecule has 1 fully saturated rings. The Hall–Kier alpha value is -1.22. The number of fused-ring (bicyclic) bond motifs is 1. The van der Waals surface area contributed by atoms with Crippen LogP contribution in [0.1, 0.15) is 63.0 Å². The molecule has 0 unspecified atom stereocenters. The third kappa shape index (κ3) is 2.28. The molecule has 0 amide bonds. The second kappa shape index (κ2) is 5.28. The van der Waals surface area contributed by atoms with E-state index in [2.05, 4.69) is 19.9 Å². The zero-order valence-electron chi connectivity index (χ0n) is 12.6. The first kappa shape index (κ1) is 13.7. The zero-order valence-corrected chi connectivity index (χ0v) is 12.6. The Balaban J connectivity index is 2.10. The summed E-state index contributed by atoms with van der Waals surface area (Å²) in [6, 6.07) is 4.22. The van der Waals surface area contributed by atoms with Crippen molar-refractivity contribution in [2.45, 2.75) is 57.4 Å². The molecule has 0 aromatic heterocycles. The average Bonchev–Trinajstić information content (AvgIpc) is 2.46. The molecule has 0 spiro atoms. The van der Waals surface area contributed by atoms with Gasteiger partial charge in [-0.2, -0.15) is 0 Å². The van der Waals surface area contributed by atoms with Gasteiger partial charge in [-0.3, -0.25) is 0 Å². The van der Waals surface area contributed by atoms with Gasteiger partial charge in [-0.05, 0) is 30.4 Å². The lowest BCUT2D eigenvalue weighted by Gasteiger charge is -2.37. The van der Waals surface area contributed by atoms with Crippen LogP contribution in [-0.4, -0.2) is 13.2 Å². The molecule has 0 radical (unpaired) electrons. The van der Waals surface area contributed by atoms with Gasteiger partial charge in [-0.15, -0.1) is 0 Å². The summed E-state index contributed by atoms with van der Waals surface area (Å²) in [7, 11) is 0. The van der Waals surface area contributed by atoms with Crippen LogP contribution in [0.4, 0.5) is 0 Å². The summed E-state index contributed by atoms with van der Waals surface area (Å²) in [6.07, 6.45) is 5.91. The van der Waals surface area contributed by atoms with E-state index < -0.39 is 0 Å². The van der Waals surface area contributed by atoms with E-state index in [1.54, 1.807) is 0 Å². The lowest BCUT2D eigenvalue weighted by molar-refractivity contribution is 0.168. The predicted molar refractivity (Wildman–Crippen MR) is 80.5 cm³/mol. The summed E-state index contributed by atoms with van der Waals surface area (Å²) in [5.41, 5.74) is 9.10. The highest BCUT2D eigenvalue weighted by atomic mass is 16.6. The molecule has 3 heteroatoms. The maximum absolute atomic E-state index is 6.76. The maximum atomic E-state index is 6.76. The molecule has 1 saturated carbocycles. The second-order valence-corrected chi connectivity index (χ2v) is 6.42. The van der Waals surface area contributed by atoms with Crippen molar-refractivity contribution in [2.75, 3.05) is 13.2 Å². The van der Waals surface area contributed by atoms with Crippen LogP contribution in [0.2, 0.25) is 0 Å². The summed E-state index contributed by atoms with van der Waals surface area (Å²) in [5, 5.41) is 0. The summed E-state index contributed by atoms with van der Waals surface area (Å²) in [5.74, 6) is 2.20. The SMILES string of the molecule is CC(C)c1c(C2(N)CCCCC2)ccc2c1OCCO2. The highest BCUT2D eigenvalue weighted by molar-refractivity contribution is 5.55. The van der Waals surface area contributed by atoms with Crippen molar-refractivity contribution >= 4 is 0 Å². The molecule has 20 heavy (non-hydrogen) atoms. The Labute approximate surface area is 121 Å². The third-order valence-electron chi connectivity index (χ3n) is 4.61. The lowest BCUT2D eigenvalue weighted by atomic mass is 9.74. The summed E-state index contributed by atoms with van der Waals surface area (Å²) in [4.78, 5) is 0. The number of benzene rings is 1. The first-order chi connectivity index (χ1) is 9.62. The highest BCUT2D eigenvalue weighted by Crippen LogP contribution is 2.46. The molecule has 1 aliphatic carbocycles. The minimum absolute atomic E-state index is 0.187. The normalized spacial score (nSPS) is 21.0. The smallest absolute Gasteiger partial charge is 0.165 e. The number of hydrogen-bond acceptors (Lipinski definition) is 3. The largest absolute Gasteiger partial charge is 0.486 e. The quantitative estimate of drug-likeness (QED) is 0.895. The van der Waals surface area contributed by atoms with Crippen molar-refractivity contribution in [3.63, 3.8) is 0 Å². The second-order valence-electron chi connectivity index (χ2n) is 6.42. The van der Waals surface area contributed by atoms with Gasteiger partial charge in [0.2, 0.25) is 0 Å². The number of hydrogen-bond donors (Lipinski definition) is 1. The van der Waals surface area contributed by atoms with Gasteiger partial charge in [-0.1, -0.05) is 39.2 Å². The van der Waals surface area contributed by atoms with Gasteiger partial charge in [0.15, 0.2) is 11.5 Å². The van der Waals surface area contributed by atoms with Crippen molar-refractivity contribution in [1.82, 2.24) is 0 Å². The molecular weight excluding hydrogens is 250 g/mol. The van der Waals surface area contributed by atoms with Gasteiger partial charge >= 0.3 is 0 Å². The first-order valence-electron chi connectivity index (χ1n) is 7.84. The number of nitrogens with two attached hydrogens (primary N) is 1. The Morgan fingerprint density at radius 1 is 1.05 bits per heavy atom. The van der Waals surface area contributed by atoms with E-state index in [-0.39, 0.29) is 5.54 Å². The van der Waals surface area contributed by atoms with Crippen LogP contribution in [-0.2, 0) is 5.54 Å². The Morgan fingerprint density at radius 3 is 2.45 bits per heavy atom. The Bertz CT molecular complexity index is 490. The lowest BCUT2D eigenvalue weighted by Crippen LogP contribution is -2.40. The molecular formula is C17H25NO2. The van der Waals surface area contributed by atoms with Crippen molar-refractivity contribution in [2.24, 2.45) is 5.73 Å². The van der Waals surface area contributed by atoms with E-state index in [4.69, 9.17) is 15.2 Å². The highest BCUT2D eigenvalue weighted by Gasteiger charge is 2.34. The van der Waals surface area contributed by atoms with Crippen LogP contribution in [0.25, 0.3) is 0 Å². The topological polar surface area (TPSA) is 44.5 Å². The van der Waals surface area contributed by atoms with Crippen LogP contribution in [0.5, 0.6) is 11.5 Å². The van der Waals surface area contributed by atoms with E-state index in [1.165, 1.54) is 30.4 Å². The Morgan fingerprint density at radius 2 is 1.75 bits per heavy atom. The molecule has 3 rings (SSSR count). The fourth-order valence-corrected chi connectivity index (χ4v) is 3.60. The fourth-order valence-electron chi connectivity index (χ4n) is 3.60. The molecule has 1 aromatic rings. The van der Waals surface area contributed by atoms with Crippen LogP contribution in [0, 0.1) is 0 Å². The van der Waals surface area contributed by atoms with Gasteiger partial charge < -0.3 is 15.2 Å². The van der Waals surface area contributed by atoms with Crippen molar-refractivity contribution in [3.05, 3.63) is 23.3 Å². The van der Waals surface area contributed by atoms with Crippen molar-refractivity contribution < 1.29 is 9.47 Å². The van der Waals surface area contributed by atoms with E-state index in [0.717, 1.165) is 24.3 Å². The molecule has 0 saturated heterocycles. The van der Waals surface area contributed by atoms with Crippen molar-refractivity contribution in [1.29, 1.82) is 0 Å². The van der Waals surface area contributed by atoms with Crippen LogP contribution < -0.4 is 15.2 Å². The number of ether oxygens (including phenoxy) is 2. The van der Waals surface area contributed by atoms with E-state index in [0.29, 0.717) is 19.1 Å². The summed E-state index contributed by atoms with van der Waals surface area (Å²) < 4.78 is 11.6. The Kier molecular flexibility index (Phi) is 3.63. The minimum atomic E-state index is -0.187. The summed E-state index contributed by atoms with van der Waals surface area (Å²) >= 11 is 0. The van der Waals surface area contributed by atoms with Gasteiger partial charge in [0.05, 0.1) is 0 Å². The number of rotatable bonds is 2. The average molecular weight is 275 g/mol. The maximum Gasteiger partial charge on any atom is 0.165 e. The standard InChI is InChI=1S/C17H25NO2/c1-12(2)15-13(17(18)8-4-3-5-9-17)6-7-14-16(15)20-11-10-19-14/h6-7,12H,3-5,8-11,18H2,1-2H3. The van der Waals surface area contributed by atoms with Gasteiger partial charge in [-0.25, -0.2) is 0 Å². The zero-order chi connectivity index (χ0) is 14.2. The minimum Gasteiger partial charge on any atom is -0.486 e. The first-order valence-corrected chi connectivity index (χ1v) is 7.84.